The first-order chi connectivity index (χ1) is 11.1. The van der Waals surface area contributed by atoms with Gasteiger partial charge in [-0.25, -0.2) is 9.18 Å². The number of hydrogen-bond donors (Lipinski definition) is 2. The lowest BCUT2D eigenvalue weighted by molar-refractivity contribution is -0.145. The topological polar surface area (TPSA) is 59.6 Å². The summed E-state index contributed by atoms with van der Waals surface area (Å²) >= 11 is 0. The van der Waals surface area contributed by atoms with E-state index >= 15 is 0 Å². The van der Waals surface area contributed by atoms with Gasteiger partial charge in [0.2, 0.25) is 0 Å². The van der Waals surface area contributed by atoms with Crippen LogP contribution in [0.15, 0.2) is 18.2 Å². The largest absolute Gasteiger partial charge is 0.348 e. The zero-order valence-corrected chi connectivity index (χ0v) is 13.4. The summed E-state index contributed by atoms with van der Waals surface area (Å²) in [6, 6.07) is 4.52. The third-order valence-electron chi connectivity index (χ3n) is 4.49. The number of amides is 2. The van der Waals surface area contributed by atoms with Crippen molar-refractivity contribution in [2.24, 2.45) is 0 Å². The summed E-state index contributed by atoms with van der Waals surface area (Å²) in [6.45, 7) is 3.55. The van der Waals surface area contributed by atoms with E-state index in [9.17, 15) is 9.18 Å². The van der Waals surface area contributed by atoms with Crippen LogP contribution in [0.3, 0.4) is 0 Å². The molecule has 1 heterocycles. The second kappa shape index (κ2) is 6.84. The molecule has 126 valence electrons. The lowest BCUT2D eigenvalue weighted by Crippen LogP contribution is -2.41. The number of aryl methyl sites for hydroxylation is 1. The molecule has 0 bridgehead atoms. The van der Waals surface area contributed by atoms with Gasteiger partial charge in [-0.15, -0.1) is 0 Å². The number of fused-ring (bicyclic) bond motifs is 1. The van der Waals surface area contributed by atoms with Crippen molar-refractivity contribution in [2.45, 2.75) is 44.4 Å². The Morgan fingerprint density at radius 3 is 2.96 bits per heavy atom. The summed E-state index contributed by atoms with van der Waals surface area (Å²) in [4.78, 5) is 12.1. The highest BCUT2D eigenvalue weighted by atomic mass is 19.1. The van der Waals surface area contributed by atoms with Crippen LogP contribution in [0.25, 0.3) is 0 Å². The van der Waals surface area contributed by atoms with E-state index in [0.29, 0.717) is 26.2 Å². The molecule has 0 spiro atoms. The number of urea groups is 1. The molecule has 23 heavy (non-hydrogen) atoms. The first-order valence-corrected chi connectivity index (χ1v) is 8.16. The van der Waals surface area contributed by atoms with E-state index in [-0.39, 0.29) is 17.9 Å². The predicted octanol–water partition coefficient (Wildman–Crippen LogP) is 2.66. The fourth-order valence-electron chi connectivity index (χ4n) is 3.25. The summed E-state index contributed by atoms with van der Waals surface area (Å²) in [6.07, 6.45) is 3.28. The van der Waals surface area contributed by atoms with Crippen LogP contribution in [0.4, 0.5) is 9.18 Å². The molecule has 1 fully saturated rings. The Labute approximate surface area is 135 Å². The van der Waals surface area contributed by atoms with E-state index in [2.05, 4.69) is 10.6 Å². The predicted molar refractivity (Wildman–Crippen MR) is 83.5 cm³/mol. The van der Waals surface area contributed by atoms with Gasteiger partial charge in [0.05, 0.1) is 19.3 Å². The number of halogens is 1. The van der Waals surface area contributed by atoms with Gasteiger partial charge in [-0.05, 0) is 49.4 Å². The molecule has 3 rings (SSSR count). The molecule has 0 radical (unpaired) electrons. The quantitative estimate of drug-likeness (QED) is 0.896. The molecule has 1 unspecified atom stereocenters. The Morgan fingerprint density at radius 1 is 1.39 bits per heavy atom. The number of hydrogen-bond acceptors (Lipinski definition) is 3. The Balaban J connectivity index is 1.51. The number of benzene rings is 1. The van der Waals surface area contributed by atoms with E-state index in [1.807, 2.05) is 6.92 Å². The highest BCUT2D eigenvalue weighted by molar-refractivity contribution is 5.74. The van der Waals surface area contributed by atoms with Crippen LogP contribution in [-0.2, 0) is 15.9 Å². The number of ether oxygens (including phenoxy) is 2. The Morgan fingerprint density at radius 2 is 2.17 bits per heavy atom. The highest BCUT2D eigenvalue weighted by Gasteiger charge is 2.30. The van der Waals surface area contributed by atoms with Crippen molar-refractivity contribution in [3.05, 3.63) is 35.1 Å². The van der Waals surface area contributed by atoms with Crippen LogP contribution in [0, 0.1) is 5.82 Å². The number of nitrogens with one attached hydrogen (secondary N) is 2. The highest BCUT2D eigenvalue weighted by Crippen LogP contribution is 2.30. The average molecular weight is 322 g/mol. The smallest absolute Gasteiger partial charge is 0.315 e. The lowest BCUT2D eigenvalue weighted by atomic mass is 9.88. The molecule has 1 saturated heterocycles. The molecule has 0 aromatic heterocycles. The molecule has 2 aliphatic rings. The van der Waals surface area contributed by atoms with Crippen molar-refractivity contribution < 1.29 is 18.7 Å². The maximum absolute atomic E-state index is 13.3. The molecule has 6 heteroatoms. The normalized spacial score (nSPS) is 22.4. The summed E-state index contributed by atoms with van der Waals surface area (Å²) in [5.74, 6) is -0.818. The van der Waals surface area contributed by atoms with Crippen LogP contribution in [0.1, 0.15) is 43.4 Å². The second-order valence-corrected chi connectivity index (χ2v) is 6.27. The van der Waals surface area contributed by atoms with Crippen molar-refractivity contribution in [1.82, 2.24) is 10.6 Å². The minimum absolute atomic E-state index is 0.0612. The van der Waals surface area contributed by atoms with Gasteiger partial charge in [0.1, 0.15) is 5.82 Å². The van der Waals surface area contributed by atoms with Crippen molar-refractivity contribution in [3.8, 4) is 0 Å². The van der Waals surface area contributed by atoms with Crippen LogP contribution < -0.4 is 10.6 Å². The average Bonchev–Trinajstić information content (AvgIpc) is 2.94. The fraction of sp³-hybridized carbons (Fsp3) is 0.588. The molecule has 1 aliphatic carbocycles. The SMILES string of the molecule is CC1(CCNC(=O)NC2CCCc3cc(F)ccc32)OCCO1. The van der Waals surface area contributed by atoms with Gasteiger partial charge in [0.15, 0.2) is 5.79 Å². The molecule has 1 aromatic carbocycles. The van der Waals surface area contributed by atoms with Crippen molar-refractivity contribution in [2.75, 3.05) is 19.8 Å². The van der Waals surface area contributed by atoms with Gasteiger partial charge in [0.25, 0.3) is 0 Å². The minimum atomic E-state index is -0.595. The van der Waals surface area contributed by atoms with Crippen molar-refractivity contribution in [3.63, 3.8) is 0 Å². The third-order valence-corrected chi connectivity index (χ3v) is 4.49. The lowest BCUT2D eigenvalue weighted by Gasteiger charge is -2.27. The first kappa shape index (κ1) is 16.2. The molecule has 2 amide bonds. The van der Waals surface area contributed by atoms with E-state index in [4.69, 9.17) is 9.47 Å². The summed E-state index contributed by atoms with van der Waals surface area (Å²) in [5, 5.41) is 5.82. The first-order valence-electron chi connectivity index (χ1n) is 8.16. The molecule has 5 nitrogen and oxygen atoms in total. The standard InChI is InChI=1S/C17H23FN2O3/c1-17(22-9-10-23-17)7-8-19-16(21)20-15-4-2-3-12-11-13(18)5-6-14(12)15/h5-6,11,15H,2-4,7-10H2,1H3,(H2,19,20,21). The zero-order chi connectivity index (χ0) is 16.3. The molecular weight excluding hydrogens is 299 g/mol. The second-order valence-electron chi connectivity index (χ2n) is 6.27. The van der Waals surface area contributed by atoms with E-state index in [1.54, 1.807) is 12.1 Å². The third kappa shape index (κ3) is 4.00. The number of rotatable bonds is 4. The molecule has 1 aromatic rings. The maximum Gasteiger partial charge on any atom is 0.315 e. The molecule has 1 atom stereocenters. The van der Waals surface area contributed by atoms with Crippen LogP contribution in [0.5, 0.6) is 0 Å². The van der Waals surface area contributed by atoms with Gasteiger partial charge < -0.3 is 20.1 Å². The summed E-state index contributed by atoms with van der Waals surface area (Å²) < 4.78 is 24.3. The van der Waals surface area contributed by atoms with E-state index < -0.39 is 5.79 Å². The Hall–Kier alpha value is -1.66. The van der Waals surface area contributed by atoms with Gasteiger partial charge in [-0.1, -0.05) is 6.07 Å². The fourth-order valence-corrected chi connectivity index (χ4v) is 3.25. The number of carbonyl (C=O) groups is 1. The van der Waals surface area contributed by atoms with Gasteiger partial charge >= 0.3 is 6.03 Å². The zero-order valence-electron chi connectivity index (χ0n) is 13.4. The summed E-state index contributed by atoms with van der Waals surface area (Å²) in [5.41, 5.74) is 2.00. The van der Waals surface area contributed by atoms with Crippen LogP contribution >= 0.6 is 0 Å². The minimum Gasteiger partial charge on any atom is -0.348 e. The van der Waals surface area contributed by atoms with Gasteiger partial charge in [-0.3, -0.25) is 0 Å². The Kier molecular flexibility index (Phi) is 4.82. The molecule has 2 N–H and O–H groups in total. The van der Waals surface area contributed by atoms with E-state index in [0.717, 1.165) is 30.4 Å². The van der Waals surface area contributed by atoms with Gasteiger partial charge in [-0.2, -0.15) is 0 Å². The summed E-state index contributed by atoms with van der Waals surface area (Å²) in [7, 11) is 0. The van der Waals surface area contributed by atoms with Crippen molar-refractivity contribution >= 4 is 6.03 Å². The van der Waals surface area contributed by atoms with Gasteiger partial charge in [0, 0.05) is 13.0 Å². The number of carbonyl (C=O) groups excluding carboxylic acids is 1. The van der Waals surface area contributed by atoms with Crippen LogP contribution in [0.2, 0.25) is 0 Å². The monoisotopic (exact) mass is 322 g/mol. The molecule has 0 saturated carbocycles. The Bertz CT molecular complexity index is 573. The molecule has 1 aliphatic heterocycles. The molecular formula is C17H23FN2O3. The maximum atomic E-state index is 13.3. The van der Waals surface area contributed by atoms with Crippen molar-refractivity contribution in [1.29, 1.82) is 0 Å². The van der Waals surface area contributed by atoms with Crippen LogP contribution in [-0.4, -0.2) is 31.6 Å². The van der Waals surface area contributed by atoms with E-state index in [1.165, 1.54) is 6.07 Å².